The van der Waals surface area contributed by atoms with Crippen LogP contribution in [-0.2, 0) is 0 Å². The Labute approximate surface area is 61.0 Å². The van der Waals surface area contributed by atoms with Crippen molar-refractivity contribution in [2.75, 3.05) is 6.67 Å². The molecule has 54 valence electrons. The van der Waals surface area contributed by atoms with Crippen LogP contribution in [0.1, 0.15) is 6.92 Å². The van der Waals surface area contributed by atoms with Crippen molar-refractivity contribution in [3.05, 3.63) is 23.8 Å². The van der Waals surface area contributed by atoms with Crippen LogP contribution < -0.4 is 10.6 Å². The molecule has 2 aliphatic rings. The van der Waals surface area contributed by atoms with Gasteiger partial charge in [-0.15, -0.1) is 0 Å². The van der Waals surface area contributed by atoms with Crippen molar-refractivity contribution >= 4 is 0 Å². The van der Waals surface area contributed by atoms with E-state index < -0.39 is 0 Å². The lowest BCUT2D eigenvalue weighted by atomic mass is 10.0. The molecule has 2 unspecified atom stereocenters. The van der Waals surface area contributed by atoms with Crippen molar-refractivity contribution in [1.82, 2.24) is 10.6 Å². The van der Waals surface area contributed by atoms with Crippen LogP contribution in [0.25, 0.3) is 0 Å². The molecule has 10 heavy (non-hydrogen) atoms. The van der Waals surface area contributed by atoms with Crippen molar-refractivity contribution in [2.24, 2.45) is 0 Å². The standard InChI is InChI=1S/C8H12N2/c1-6-2-3-7-8(4-6)10-5-9-7/h2-4,7-10H,5H2,1H3. The molecule has 0 amide bonds. The minimum atomic E-state index is 0.531. The van der Waals surface area contributed by atoms with Crippen LogP contribution in [0.15, 0.2) is 23.8 Å². The van der Waals surface area contributed by atoms with Gasteiger partial charge < -0.3 is 0 Å². The maximum absolute atomic E-state index is 3.35. The van der Waals surface area contributed by atoms with Crippen LogP contribution in [-0.4, -0.2) is 18.8 Å². The molecule has 0 spiro atoms. The second kappa shape index (κ2) is 2.22. The fourth-order valence-corrected chi connectivity index (χ4v) is 1.49. The Balaban J connectivity index is 2.20. The molecular formula is C8H12N2. The van der Waals surface area contributed by atoms with E-state index in [1.54, 1.807) is 0 Å². The van der Waals surface area contributed by atoms with Gasteiger partial charge in [-0.1, -0.05) is 23.8 Å². The van der Waals surface area contributed by atoms with Crippen LogP contribution >= 0.6 is 0 Å². The monoisotopic (exact) mass is 136 g/mol. The molecule has 1 aliphatic heterocycles. The van der Waals surface area contributed by atoms with Gasteiger partial charge in [0.2, 0.25) is 0 Å². The minimum absolute atomic E-state index is 0.531. The van der Waals surface area contributed by atoms with Crippen LogP contribution in [0.2, 0.25) is 0 Å². The predicted octanol–water partition coefficient (Wildman–Crippen LogP) is 0.390. The van der Waals surface area contributed by atoms with Gasteiger partial charge in [-0.25, -0.2) is 0 Å². The number of fused-ring (bicyclic) bond motifs is 1. The average Bonchev–Trinajstić information content (AvgIpc) is 2.33. The van der Waals surface area contributed by atoms with E-state index in [0.29, 0.717) is 12.1 Å². The normalized spacial score (nSPS) is 37.5. The number of nitrogens with one attached hydrogen (secondary N) is 2. The van der Waals surface area contributed by atoms with Crippen molar-refractivity contribution < 1.29 is 0 Å². The highest BCUT2D eigenvalue weighted by molar-refractivity contribution is 5.29. The van der Waals surface area contributed by atoms with Crippen molar-refractivity contribution in [3.8, 4) is 0 Å². The molecule has 0 aromatic carbocycles. The molecule has 2 atom stereocenters. The fourth-order valence-electron chi connectivity index (χ4n) is 1.49. The summed E-state index contributed by atoms with van der Waals surface area (Å²) in [5.74, 6) is 0. The number of allylic oxidation sites excluding steroid dienone is 2. The van der Waals surface area contributed by atoms with Gasteiger partial charge in [0.25, 0.3) is 0 Å². The molecule has 0 bridgehead atoms. The summed E-state index contributed by atoms with van der Waals surface area (Å²) < 4.78 is 0. The number of rotatable bonds is 0. The molecule has 2 N–H and O–H groups in total. The summed E-state index contributed by atoms with van der Waals surface area (Å²) in [5, 5.41) is 6.69. The van der Waals surface area contributed by atoms with E-state index in [1.165, 1.54) is 5.57 Å². The van der Waals surface area contributed by atoms with E-state index in [-0.39, 0.29) is 0 Å². The third-order valence-corrected chi connectivity index (χ3v) is 2.07. The summed E-state index contributed by atoms with van der Waals surface area (Å²) >= 11 is 0. The summed E-state index contributed by atoms with van der Waals surface area (Å²) in [5.41, 5.74) is 1.36. The Morgan fingerprint density at radius 1 is 1.40 bits per heavy atom. The highest BCUT2D eigenvalue weighted by Crippen LogP contribution is 2.12. The zero-order valence-electron chi connectivity index (χ0n) is 6.09. The molecule has 1 fully saturated rings. The van der Waals surface area contributed by atoms with E-state index >= 15 is 0 Å². The van der Waals surface area contributed by atoms with Crippen LogP contribution in [0.4, 0.5) is 0 Å². The lowest BCUT2D eigenvalue weighted by Crippen LogP contribution is -2.31. The van der Waals surface area contributed by atoms with E-state index in [1.807, 2.05) is 0 Å². The molecule has 0 radical (unpaired) electrons. The summed E-state index contributed by atoms with van der Waals surface area (Å²) in [6.07, 6.45) is 6.66. The van der Waals surface area contributed by atoms with Crippen molar-refractivity contribution in [3.63, 3.8) is 0 Å². The maximum Gasteiger partial charge on any atom is 0.0464 e. The number of hydrogen-bond acceptors (Lipinski definition) is 2. The minimum Gasteiger partial charge on any atom is -0.296 e. The molecule has 2 heteroatoms. The third kappa shape index (κ3) is 0.895. The summed E-state index contributed by atoms with van der Waals surface area (Å²) in [6.45, 7) is 3.07. The molecular weight excluding hydrogens is 124 g/mol. The second-order valence-electron chi connectivity index (χ2n) is 2.91. The Morgan fingerprint density at radius 2 is 2.20 bits per heavy atom. The maximum atomic E-state index is 3.35. The molecule has 1 heterocycles. The Kier molecular flexibility index (Phi) is 1.36. The van der Waals surface area contributed by atoms with Gasteiger partial charge in [0.15, 0.2) is 0 Å². The van der Waals surface area contributed by atoms with Crippen molar-refractivity contribution in [1.29, 1.82) is 0 Å². The van der Waals surface area contributed by atoms with Crippen LogP contribution in [0, 0.1) is 0 Å². The summed E-state index contributed by atoms with van der Waals surface area (Å²) in [6, 6.07) is 1.06. The van der Waals surface area contributed by atoms with Crippen LogP contribution in [0.5, 0.6) is 0 Å². The lowest BCUT2D eigenvalue weighted by molar-refractivity contribution is 0.670. The second-order valence-corrected chi connectivity index (χ2v) is 2.91. The molecule has 0 aromatic heterocycles. The first kappa shape index (κ1) is 6.13. The molecule has 1 aliphatic carbocycles. The quantitative estimate of drug-likeness (QED) is 0.503. The molecule has 0 aromatic rings. The Bertz CT molecular complexity index is 193. The average molecular weight is 136 g/mol. The smallest absolute Gasteiger partial charge is 0.0464 e. The van der Waals surface area contributed by atoms with E-state index in [9.17, 15) is 0 Å². The third-order valence-electron chi connectivity index (χ3n) is 2.07. The highest BCUT2D eigenvalue weighted by Gasteiger charge is 2.23. The first-order valence-electron chi connectivity index (χ1n) is 3.70. The molecule has 1 saturated heterocycles. The van der Waals surface area contributed by atoms with E-state index in [0.717, 1.165) is 6.67 Å². The predicted molar refractivity (Wildman–Crippen MR) is 41.6 cm³/mol. The zero-order valence-corrected chi connectivity index (χ0v) is 6.09. The summed E-state index contributed by atoms with van der Waals surface area (Å²) in [4.78, 5) is 0. The Morgan fingerprint density at radius 3 is 3.10 bits per heavy atom. The summed E-state index contributed by atoms with van der Waals surface area (Å²) in [7, 11) is 0. The Hall–Kier alpha value is -0.600. The zero-order chi connectivity index (χ0) is 6.97. The fraction of sp³-hybridized carbons (Fsp3) is 0.500. The van der Waals surface area contributed by atoms with Crippen LogP contribution in [0.3, 0.4) is 0 Å². The highest BCUT2D eigenvalue weighted by atomic mass is 15.2. The van der Waals surface area contributed by atoms with Crippen molar-refractivity contribution in [2.45, 2.75) is 19.0 Å². The lowest BCUT2D eigenvalue weighted by Gasteiger charge is -2.16. The largest absolute Gasteiger partial charge is 0.296 e. The van der Waals surface area contributed by atoms with Gasteiger partial charge in [-0.3, -0.25) is 10.6 Å². The van der Waals surface area contributed by atoms with Gasteiger partial charge in [0.1, 0.15) is 0 Å². The molecule has 2 nitrogen and oxygen atoms in total. The van der Waals surface area contributed by atoms with Gasteiger partial charge >= 0.3 is 0 Å². The first-order valence-corrected chi connectivity index (χ1v) is 3.70. The van der Waals surface area contributed by atoms with Gasteiger partial charge in [0.05, 0.1) is 0 Å². The number of hydrogen-bond donors (Lipinski definition) is 2. The van der Waals surface area contributed by atoms with E-state index in [2.05, 4.69) is 35.8 Å². The molecule has 2 rings (SSSR count). The SMILES string of the molecule is CC1=CC2NCNC2C=C1. The molecule has 0 saturated carbocycles. The van der Waals surface area contributed by atoms with Gasteiger partial charge in [-0.2, -0.15) is 0 Å². The van der Waals surface area contributed by atoms with E-state index in [4.69, 9.17) is 0 Å². The van der Waals surface area contributed by atoms with Gasteiger partial charge in [0, 0.05) is 18.8 Å². The van der Waals surface area contributed by atoms with Gasteiger partial charge in [-0.05, 0) is 6.92 Å². The topological polar surface area (TPSA) is 24.1 Å². The first-order chi connectivity index (χ1) is 4.86.